The van der Waals surface area contributed by atoms with Crippen molar-refractivity contribution in [2.24, 2.45) is 5.92 Å². The number of rotatable bonds is 3. The Kier molecular flexibility index (Phi) is 3.90. The molecule has 118 valence electrons. The lowest BCUT2D eigenvalue weighted by Crippen LogP contribution is -2.45. The van der Waals surface area contributed by atoms with E-state index in [1.165, 1.54) is 10.4 Å². The smallest absolute Gasteiger partial charge is 0.325 e. The maximum Gasteiger partial charge on any atom is 0.325 e. The van der Waals surface area contributed by atoms with Crippen LogP contribution in [0.1, 0.15) is 24.3 Å². The molecule has 6 nitrogen and oxygen atoms in total. The van der Waals surface area contributed by atoms with E-state index < -0.39 is 12.1 Å². The molecule has 1 fully saturated rings. The number of nitrogens with zero attached hydrogens (tertiary/aromatic N) is 2. The molecule has 1 N–H and O–H groups in total. The second-order valence-electron chi connectivity index (χ2n) is 6.03. The van der Waals surface area contributed by atoms with Gasteiger partial charge in [0.05, 0.1) is 0 Å². The predicted octanol–water partition coefficient (Wildman–Crippen LogP) is 1.21. The molecule has 0 aromatic carbocycles. The van der Waals surface area contributed by atoms with Crippen molar-refractivity contribution in [2.45, 2.75) is 32.9 Å². The molecule has 1 atom stereocenters. The number of hydrogen-bond donors (Lipinski definition) is 1. The van der Waals surface area contributed by atoms with Gasteiger partial charge in [-0.25, -0.2) is 4.79 Å². The summed E-state index contributed by atoms with van der Waals surface area (Å²) in [5, 5.41) is 4.67. The zero-order valence-electron chi connectivity index (χ0n) is 12.7. The van der Waals surface area contributed by atoms with Crippen LogP contribution < -0.4 is 5.32 Å². The fraction of sp³-hybridized carbons (Fsp3) is 0.533. The summed E-state index contributed by atoms with van der Waals surface area (Å²) in [6, 6.07) is 1.04. The summed E-state index contributed by atoms with van der Waals surface area (Å²) in [6.07, 6.45) is 0.841. The highest BCUT2D eigenvalue weighted by molar-refractivity contribution is 7.10. The van der Waals surface area contributed by atoms with Crippen LogP contribution in [-0.2, 0) is 22.6 Å². The average molecular weight is 321 g/mol. The summed E-state index contributed by atoms with van der Waals surface area (Å²) in [5.41, 5.74) is 1.17. The number of thiophene rings is 1. The second-order valence-corrected chi connectivity index (χ2v) is 7.03. The molecule has 0 unspecified atom stereocenters. The van der Waals surface area contributed by atoms with Crippen molar-refractivity contribution in [3.05, 3.63) is 21.9 Å². The highest BCUT2D eigenvalue weighted by Crippen LogP contribution is 2.24. The van der Waals surface area contributed by atoms with Crippen molar-refractivity contribution < 1.29 is 14.4 Å². The lowest BCUT2D eigenvalue weighted by molar-refractivity contribution is -0.138. The minimum atomic E-state index is -0.523. The van der Waals surface area contributed by atoms with Gasteiger partial charge in [-0.1, -0.05) is 13.8 Å². The molecule has 1 aromatic heterocycles. The van der Waals surface area contributed by atoms with Crippen molar-refractivity contribution in [3.63, 3.8) is 0 Å². The first-order chi connectivity index (χ1) is 10.5. The average Bonchev–Trinajstić information content (AvgIpc) is 3.05. The Labute approximate surface area is 133 Å². The summed E-state index contributed by atoms with van der Waals surface area (Å²) in [7, 11) is 0. The van der Waals surface area contributed by atoms with E-state index in [-0.39, 0.29) is 24.3 Å². The zero-order valence-corrected chi connectivity index (χ0v) is 13.5. The van der Waals surface area contributed by atoms with Crippen molar-refractivity contribution >= 4 is 29.2 Å². The van der Waals surface area contributed by atoms with Gasteiger partial charge in [0.15, 0.2) is 0 Å². The molecule has 7 heteroatoms. The third-order valence-corrected chi connectivity index (χ3v) is 5.20. The first-order valence-corrected chi connectivity index (χ1v) is 8.30. The van der Waals surface area contributed by atoms with E-state index in [1.807, 2.05) is 25.3 Å². The molecule has 2 aliphatic rings. The molecular weight excluding hydrogens is 302 g/mol. The topological polar surface area (TPSA) is 69.7 Å². The van der Waals surface area contributed by atoms with Gasteiger partial charge in [0.2, 0.25) is 5.91 Å². The molecule has 0 spiro atoms. The molecular formula is C15H19N3O3S. The van der Waals surface area contributed by atoms with Crippen LogP contribution in [0, 0.1) is 5.92 Å². The number of amides is 4. The van der Waals surface area contributed by atoms with Crippen LogP contribution in [0.15, 0.2) is 11.4 Å². The van der Waals surface area contributed by atoms with E-state index in [1.54, 1.807) is 16.2 Å². The van der Waals surface area contributed by atoms with E-state index >= 15 is 0 Å². The Balaban J connectivity index is 1.65. The number of nitrogens with one attached hydrogen (secondary N) is 1. The molecule has 1 aromatic rings. The monoisotopic (exact) mass is 321 g/mol. The second kappa shape index (κ2) is 5.72. The quantitative estimate of drug-likeness (QED) is 0.851. The molecule has 2 aliphatic heterocycles. The molecule has 1 saturated heterocycles. The van der Waals surface area contributed by atoms with Gasteiger partial charge < -0.3 is 10.2 Å². The third kappa shape index (κ3) is 2.61. The molecule has 3 heterocycles. The van der Waals surface area contributed by atoms with Crippen LogP contribution in [0.3, 0.4) is 0 Å². The summed E-state index contributed by atoms with van der Waals surface area (Å²) >= 11 is 1.71. The lowest BCUT2D eigenvalue weighted by atomic mass is 10.1. The summed E-state index contributed by atoms with van der Waals surface area (Å²) in [4.78, 5) is 40.6. The number of carbonyl (C=O) groups excluding carboxylic acids is 3. The molecule has 0 aliphatic carbocycles. The molecule has 3 rings (SSSR count). The van der Waals surface area contributed by atoms with E-state index in [0.29, 0.717) is 13.1 Å². The molecule has 0 saturated carbocycles. The fourth-order valence-electron chi connectivity index (χ4n) is 2.84. The van der Waals surface area contributed by atoms with Crippen LogP contribution in [0.4, 0.5) is 4.79 Å². The molecule has 0 radical (unpaired) electrons. The highest BCUT2D eigenvalue weighted by atomic mass is 32.1. The minimum Gasteiger partial charge on any atom is -0.336 e. The maximum atomic E-state index is 12.4. The van der Waals surface area contributed by atoms with Gasteiger partial charge in [0, 0.05) is 18.0 Å². The summed E-state index contributed by atoms with van der Waals surface area (Å²) < 4.78 is 0. The Morgan fingerprint density at radius 2 is 2.23 bits per heavy atom. The van der Waals surface area contributed by atoms with Gasteiger partial charge >= 0.3 is 6.03 Å². The molecule has 4 amide bonds. The number of fused-ring (bicyclic) bond motifs is 1. The lowest BCUT2D eigenvalue weighted by Gasteiger charge is -2.28. The maximum absolute atomic E-state index is 12.4. The Morgan fingerprint density at radius 3 is 2.91 bits per heavy atom. The van der Waals surface area contributed by atoms with E-state index in [2.05, 4.69) is 5.32 Å². The number of urea groups is 1. The highest BCUT2D eigenvalue weighted by Gasteiger charge is 2.41. The first-order valence-electron chi connectivity index (χ1n) is 7.42. The van der Waals surface area contributed by atoms with E-state index in [0.717, 1.165) is 11.3 Å². The van der Waals surface area contributed by atoms with Gasteiger partial charge in [0.1, 0.15) is 12.6 Å². The number of imide groups is 1. The van der Waals surface area contributed by atoms with E-state index in [4.69, 9.17) is 0 Å². The minimum absolute atomic E-state index is 0.0138. The van der Waals surface area contributed by atoms with Crippen LogP contribution in [0.2, 0.25) is 0 Å². The van der Waals surface area contributed by atoms with Gasteiger partial charge in [0.25, 0.3) is 5.91 Å². The Morgan fingerprint density at radius 1 is 1.45 bits per heavy atom. The fourth-order valence-corrected chi connectivity index (χ4v) is 3.73. The summed E-state index contributed by atoms with van der Waals surface area (Å²) in [6.45, 7) is 4.78. The van der Waals surface area contributed by atoms with Crippen LogP contribution in [-0.4, -0.2) is 46.8 Å². The van der Waals surface area contributed by atoms with Gasteiger partial charge in [-0.3, -0.25) is 14.5 Å². The Bertz CT molecular complexity index is 625. The van der Waals surface area contributed by atoms with Gasteiger partial charge in [-0.05, 0) is 29.3 Å². The van der Waals surface area contributed by atoms with Gasteiger partial charge in [-0.15, -0.1) is 11.3 Å². The summed E-state index contributed by atoms with van der Waals surface area (Å²) in [5.74, 6) is -0.466. The largest absolute Gasteiger partial charge is 0.336 e. The van der Waals surface area contributed by atoms with Crippen LogP contribution >= 0.6 is 11.3 Å². The van der Waals surface area contributed by atoms with Crippen LogP contribution in [0.5, 0.6) is 0 Å². The number of carbonyl (C=O) groups is 3. The SMILES string of the molecule is CC(C)[C@@H]1NC(=O)N(CC(=O)N2CCc3sccc3C2)C1=O. The normalized spacial score (nSPS) is 21.3. The standard InChI is InChI=1S/C15H19N3O3S/c1-9(2)13-14(20)18(15(21)16-13)8-12(19)17-5-3-11-10(7-17)4-6-22-11/h4,6,9,13H,3,5,7-8H2,1-2H3,(H,16,21)/t13-/m0/s1. The number of hydrogen-bond acceptors (Lipinski definition) is 4. The van der Waals surface area contributed by atoms with Crippen molar-refractivity contribution in [1.29, 1.82) is 0 Å². The first kappa shape index (κ1) is 15.0. The van der Waals surface area contributed by atoms with Crippen LogP contribution in [0.25, 0.3) is 0 Å². The van der Waals surface area contributed by atoms with Crippen molar-refractivity contribution in [3.8, 4) is 0 Å². The molecule has 0 bridgehead atoms. The Hall–Kier alpha value is -1.89. The van der Waals surface area contributed by atoms with E-state index in [9.17, 15) is 14.4 Å². The van der Waals surface area contributed by atoms with Gasteiger partial charge in [-0.2, -0.15) is 0 Å². The van der Waals surface area contributed by atoms with Crippen molar-refractivity contribution in [2.75, 3.05) is 13.1 Å². The molecule has 22 heavy (non-hydrogen) atoms. The zero-order chi connectivity index (χ0) is 15.9. The third-order valence-electron chi connectivity index (χ3n) is 4.18. The van der Waals surface area contributed by atoms with Crippen molar-refractivity contribution in [1.82, 2.24) is 15.1 Å². The predicted molar refractivity (Wildman–Crippen MR) is 82.3 cm³/mol.